The van der Waals surface area contributed by atoms with E-state index in [-0.39, 0.29) is 5.82 Å². The monoisotopic (exact) mass is 228 g/mol. The first-order valence-electron chi connectivity index (χ1n) is 4.91. The second-order valence-electron chi connectivity index (χ2n) is 3.37. The second-order valence-corrected chi connectivity index (χ2v) is 3.37. The molecule has 0 atom stereocenters. The Labute approximate surface area is 95.6 Å². The molecule has 1 aromatic carbocycles. The Bertz CT molecular complexity index is 629. The van der Waals surface area contributed by atoms with Gasteiger partial charge in [0.2, 0.25) is 0 Å². The van der Waals surface area contributed by atoms with Crippen LogP contribution in [0.1, 0.15) is 0 Å². The summed E-state index contributed by atoms with van der Waals surface area (Å²) < 4.78 is 4.50. The quantitative estimate of drug-likeness (QED) is 0.680. The predicted molar refractivity (Wildman–Crippen MR) is 59.5 cm³/mol. The number of H-pyrrole nitrogens is 1. The van der Waals surface area contributed by atoms with Crippen LogP contribution < -0.4 is 5.73 Å². The number of nitrogens with zero attached hydrogens (tertiary/aromatic N) is 4. The van der Waals surface area contributed by atoms with Crippen molar-refractivity contribution in [3.8, 4) is 22.9 Å². The van der Waals surface area contributed by atoms with E-state index >= 15 is 0 Å². The Kier molecular flexibility index (Phi) is 2.08. The summed E-state index contributed by atoms with van der Waals surface area (Å²) in [6.45, 7) is 0. The maximum atomic E-state index is 5.57. The summed E-state index contributed by atoms with van der Waals surface area (Å²) >= 11 is 0. The molecule has 17 heavy (non-hydrogen) atoms. The standard InChI is InChI=1S/C10H8N6O/c11-8-7(15-17-16-8)10-12-9(13-14-10)6-4-2-1-3-5-6/h1-5H,(H2,11,16)(H,12,13,14). The number of aromatic amines is 1. The van der Waals surface area contributed by atoms with Crippen LogP contribution in [-0.2, 0) is 0 Å². The lowest BCUT2D eigenvalue weighted by molar-refractivity contribution is 0.310. The molecule has 0 aliphatic heterocycles. The highest BCUT2D eigenvalue weighted by Gasteiger charge is 2.14. The number of nitrogens with one attached hydrogen (secondary N) is 1. The SMILES string of the molecule is Nc1nonc1-c1nc(-c2ccccc2)n[nH]1. The molecule has 2 aromatic heterocycles. The van der Waals surface area contributed by atoms with Crippen LogP contribution in [-0.4, -0.2) is 25.5 Å². The molecule has 2 heterocycles. The Morgan fingerprint density at radius 2 is 1.94 bits per heavy atom. The van der Waals surface area contributed by atoms with Crippen LogP contribution in [0, 0.1) is 0 Å². The van der Waals surface area contributed by atoms with E-state index in [0.717, 1.165) is 5.56 Å². The van der Waals surface area contributed by atoms with E-state index in [1.54, 1.807) is 0 Å². The zero-order valence-electron chi connectivity index (χ0n) is 8.66. The van der Waals surface area contributed by atoms with Gasteiger partial charge in [0.05, 0.1) is 0 Å². The summed E-state index contributed by atoms with van der Waals surface area (Å²) in [6, 6.07) is 9.58. The van der Waals surface area contributed by atoms with E-state index in [1.165, 1.54) is 0 Å². The van der Waals surface area contributed by atoms with E-state index < -0.39 is 0 Å². The molecule has 0 radical (unpaired) electrons. The first-order chi connectivity index (χ1) is 8.34. The highest BCUT2D eigenvalue weighted by atomic mass is 16.6. The largest absolute Gasteiger partial charge is 0.379 e. The van der Waals surface area contributed by atoms with Crippen molar-refractivity contribution in [2.24, 2.45) is 0 Å². The van der Waals surface area contributed by atoms with Crippen molar-refractivity contribution in [2.75, 3.05) is 5.73 Å². The highest BCUT2D eigenvalue weighted by molar-refractivity contribution is 5.64. The van der Waals surface area contributed by atoms with Gasteiger partial charge in [0.25, 0.3) is 0 Å². The minimum Gasteiger partial charge on any atom is -0.379 e. The average Bonchev–Trinajstić information content (AvgIpc) is 2.98. The van der Waals surface area contributed by atoms with Gasteiger partial charge in [0.15, 0.2) is 23.2 Å². The molecule has 0 unspecified atom stereocenters. The van der Waals surface area contributed by atoms with Crippen LogP contribution in [0.3, 0.4) is 0 Å². The van der Waals surface area contributed by atoms with Gasteiger partial charge in [-0.25, -0.2) is 9.61 Å². The maximum absolute atomic E-state index is 5.57. The molecule has 0 saturated carbocycles. The first kappa shape index (κ1) is 9.52. The number of rotatable bonds is 2. The van der Waals surface area contributed by atoms with Crippen LogP contribution in [0.5, 0.6) is 0 Å². The Balaban J connectivity index is 2.02. The first-order valence-corrected chi connectivity index (χ1v) is 4.91. The predicted octanol–water partition coefficient (Wildman–Crippen LogP) is 1.10. The summed E-state index contributed by atoms with van der Waals surface area (Å²) in [5.41, 5.74) is 6.83. The minimum absolute atomic E-state index is 0.181. The van der Waals surface area contributed by atoms with Gasteiger partial charge in [-0.15, -0.1) is 0 Å². The number of anilines is 1. The van der Waals surface area contributed by atoms with Gasteiger partial charge in [-0.2, -0.15) is 5.10 Å². The fraction of sp³-hybridized carbons (Fsp3) is 0. The molecular weight excluding hydrogens is 220 g/mol. The third-order valence-electron chi connectivity index (χ3n) is 2.26. The summed E-state index contributed by atoms with van der Waals surface area (Å²) in [5.74, 6) is 1.19. The van der Waals surface area contributed by atoms with Gasteiger partial charge >= 0.3 is 0 Å². The summed E-state index contributed by atoms with van der Waals surface area (Å²) in [5, 5.41) is 14.0. The Hall–Kier alpha value is -2.70. The smallest absolute Gasteiger partial charge is 0.199 e. The lowest BCUT2D eigenvalue weighted by Crippen LogP contribution is -1.89. The molecular formula is C10H8N6O. The molecule has 0 saturated heterocycles. The zero-order valence-corrected chi connectivity index (χ0v) is 8.66. The fourth-order valence-corrected chi connectivity index (χ4v) is 1.44. The average molecular weight is 228 g/mol. The molecule has 0 aliphatic carbocycles. The normalized spacial score (nSPS) is 10.6. The lowest BCUT2D eigenvalue weighted by atomic mass is 10.2. The van der Waals surface area contributed by atoms with Crippen molar-refractivity contribution in [1.82, 2.24) is 25.5 Å². The number of nitrogen functional groups attached to an aromatic ring is 1. The van der Waals surface area contributed by atoms with Crippen molar-refractivity contribution in [3.05, 3.63) is 30.3 Å². The van der Waals surface area contributed by atoms with E-state index in [0.29, 0.717) is 17.3 Å². The topological polar surface area (TPSA) is 107 Å². The number of hydrogen-bond donors (Lipinski definition) is 2. The summed E-state index contributed by atoms with van der Waals surface area (Å²) in [7, 11) is 0. The van der Waals surface area contributed by atoms with Crippen molar-refractivity contribution in [1.29, 1.82) is 0 Å². The maximum Gasteiger partial charge on any atom is 0.199 e. The number of nitrogens with two attached hydrogens (primary N) is 1. The molecule has 84 valence electrons. The minimum atomic E-state index is 0.181. The second kappa shape index (κ2) is 3.71. The van der Waals surface area contributed by atoms with Gasteiger partial charge in [-0.05, 0) is 10.3 Å². The van der Waals surface area contributed by atoms with Gasteiger partial charge in [0.1, 0.15) is 0 Å². The van der Waals surface area contributed by atoms with Crippen LogP contribution in [0.2, 0.25) is 0 Å². The van der Waals surface area contributed by atoms with Gasteiger partial charge < -0.3 is 5.73 Å². The molecule has 3 rings (SSSR count). The lowest BCUT2D eigenvalue weighted by Gasteiger charge is -1.91. The molecule has 7 heteroatoms. The molecule has 0 amide bonds. The van der Waals surface area contributed by atoms with Crippen LogP contribution >= 0.6 is 0 Å². The van der Waals surface area contributed by atoms with Crippen LogP contribution in [0.4, 0.5) is 5.82 Å². The fourth-order valence-electron chi connectivity index (χ4n) is 1.44. The van der Waals surface area contributed by atoms with Crippen LogP contribution in [0.15, 0.2) is 35.0 Å². The molecule has 7 nitrogen and oxygen atoms in total. The summed E-state index contributed by atoms with van der Waals surface area (Å²) in [6.07, 6.45) is 0. The summed E-state index contributed by atoms with van der Waals surface area (Å²) in [4.78, 5) is 4.27. The third-order valence-corrected chi connectivity index (χ3v) is 2.26. The molecule has 0 aliphatic rings. The number of benzene rings is 1. The van der Waals surface area contributed by atoms with Crippen molar-refractivity contribution < 1.29 is 4.63 Å². The Morgan fingerprint density at radius 3 is 2.65 bits per heavy atom. The molecule has 3 N–H and O–H groups in total. The van der Waals surface area contributed by atoms with Crippen molar-refractivity contribution in [2.45, 2.75) is 0 Å². The van der Waals surface area contributed by atoms with Gasteiger partial charge in [-0.3, -0.25) is 5.10 Å². The van der Waals surface area contributed by atoms with E-state index in [4.69, 9.17) is 5.73 Å². The zero-order chi connectivity index (χ0) is 11.7. The van der Waals surface area contributed by atoms with E-state index in [2.05, 4.69) is 30.1 Å². The highest BCUT2D eigenvalue weighted by Crippen LogP contribution is 2.21. The van der Waals surface area contributed by atoms with Gasteiger partial charge in [0, 0.05) is 5.56 Å². The molecule has 0 spiro atoms. The van der Waals surface area contributed by atoms with Crippen molar-refractivity contribution in [3.63, 3.8) is 0 Å². The molecule has 3 aromatic rings. The van der Waals surface area contributed by atoms with Crippen molar-refractivity contribution >= 4 is 5.82 Å². The van der Waals surface area contributed by atoms with E-state index in [1.807, 2.05) is 30.3 Å². The van der Waals surface area contributed by atoms with Gasteiger partial charge in [-0.1, -0.05) is 30.3 Å². The number of aromatic nitrogens is 5. The third kappa shape index (κ3) is 1.63. The molecule has 0 fully saturated rings. The van der Waals surface area contributed by atoms with E-state index in [9.17, 15) is 0 Å². The number of hydrogen-bond acceptors (Lipinski definition) is 6. The Morgan fingerprint density at radius 1 is 1.12 bits per heavy atom. The molecule has 0 bridgehead atoms. The van der Waals surface area contributed by atoms with Crippen LogP contribution in [0.25, 0.3) is 22.9 Å².